The summed E-state index contributed by atoms with van der Waals surface area (Å²) in [5, 5.41) is 11.9. The van der Waals surface area contributed by atoms with Crippen LogP contribution in [-0.2, 0) is 14.4 Å². The third kappa shape index (κ3) is 4.08. The number of carbonyl (C=O) groups excluding carboxylic acids is 3. The molecule has 2 N–H and O–H groups in total. The lowest BCUT2D eigenvalue weighted by atomic mass is 10.1. The highest BCUT2D eigenvalue weighted by Gasteiger charge is 2.37. The summed E-state index contributed by atoms with van der Waals surface area (Å²) in [5.74, 6) is -2.31. The van der Waals surface area contributed by atoms with Crippen molar-refractivity contribution in [2.24, 2.45) is 0 Å². The fraction of sp³-hybridized carbons (Fsp3) is 0.474. The summed E-state index contributed by atoms with van der Waals surface area (Å²) in [6.07, 6.45) is 0.780. The maximum absolute atomic E-state index is 12.7. The van der Waals surface area contributed by atoms with Crippen LogP contribution in [0.2, 0.25) is 0 Å². The van der Waals surface area contributed by atoms with Gasteiger partial charge in [-0.15, -0.1) is 0 Å². The Morgan fingerprint density at radius 3 is 2.71 bits per heavy atom. The SMILES string of the molecule is CN1CCOc2ccccc2C(=O)N[C@H](C(=O)O)CC(=O)N2CCC[C@@H]2C1=O. The van der Waals surface area contributed by atoms with Crippen LogP contribution in [0.15, 0.2) is 24.3 Å². The molecule has 1 aromatic rings. The highest BCUT2D eigenvalue weighted by Crippen LogP contribution is 2.22. The van der Waals surface area contributed by atoms with E-state index in [0.29, 0.717) is 25.9 Å². The van der Waals surface area contributed by atoms with Gasteiger partial charge >= 0.3 is 5.97 Å². The standard InChI is InChI=1S/C19H23N3O6/c1-21-9-10-28-15-7-3-2-5-12(15)17(24)20-13(19(26)27)11-16(23)22-8-4-6-14(22)18(21)25/h2-3,5,7,13-14H,4,6,8-11H2,1H3,(H,20,24)(H,26,27)/t13-,14+/m0/s1. The monoisotopic (exact) mass is 389 g/mol. The number of carbonyl (C=O) groups is 4. The first-order valence-corrected chi connectivity index (χ1v) is 9.18. The Bertz CT molecular complexity index is 796. The Labute approximate surface area is 162 Å². The van der Waals surface area contributed by atoms with Gasteiger partial charge in [0, 0.05) is 13.6 Å². The van der Waals surface area contributed by atoms with Gasteiger partial charge in [0.15, 0.2) is 0 Å². The largest absolute Gasteiger partial charge is 0.491 e. The van der Waals surface area contributed by atoms with E-state index in [-0.39, 0.29) is 23.8 Å². The molecule has 0 spiro atoms. The number of ether oxygens (including phenoxy) is 1. The van der Waals surface area contributed by atoms with Crippen LogP contribution >= 0.6 is 0 Å². The van der Waals surface area contributed by atoms with Gasteiger partial charge in [0.2, 0.25) is 11.8 Å². The van der Waals surface area contributed by atoms with Gasteiger partial charge in [0.25, 0.3) is 5.91 Å². The van der Waals surface area contributed by atoms with Crippen molar-refractivity contribution in [2.45, 2.75) is 31.3 Å². The Hall–Kier alpha value is -3.10. The number of rotatable bonds is 1. The number of likely N-dealkylation sites (N-methyl/N-ethyl adjacent to an activating group) is 1. The lowest BCUT2D eigenvalue weighted by Gasteiger charge is -2.29. The Morgan fingerprint density at radius 1 is 1.21 bits per heavy atom. The number of amides is 3. The van der Waals surface area contributed by atoms with Crippen LogP contribution in [-0.4, -0.2) is 77.4 Å². The molecule has 0 radical (unpaired) electrons. The summed E-state index contributed by atoms with van der Waals surface area (Å²) in [6, 6.07) is 4.43. The first-order valence-electron chi connectivity index (χ1n) is 9.18. The number of fused-ring (bicyclic) bond motifs is 2. The molecular formula is C19H23N3O6. The molecule has 0 bridgehead atoms. The van der Waals surface area contributed by atoms with Gasteiger partial charge in [0.05, 0.1) is 18.5 Å². The highest BCUT2D eigenvalue weighted by atomic mass is 16.5. The lowest BCUT2D eigenvalue weighted by molar-refractivity contribution is -0.146. The third-order valence-corrected chi connectivity index (χ3v) is 5.03. The van der Waals surface area contributed by atoms with Crippen LogP contribution in [0.4, 0.5) is 0 Å². The normalized spacial score (nSPS) is 24.0. The van der Waals surface area contributed by atoms with Crippen LogP contribution in [0.3, 0.4) is 0 Å². The van der Waals surface area contributed by atoms with Crippen LogP contribution < -0.4 is 10.1 Å². The van der Waals surface area contributed by atoms with Gasteiger partial charge < -0.3 is 25.0 Å². The van der Waals surface area contributed by atoms with Crippen LogP contribution in [0.1, 0.15) is 29.6 Å². The van der Waals surface area contributed by atoms with Gasteiger partial charge in [-0.25, -0.2) is 4.79 Å². The summed E-state index contributed by atoms with van der Waals surface area (Å²) in [6.45, 7) is 0.851. The minimum Gasteiger partial charge on any atom is -0.491 e. The molecule has 0 unspecified atom stereocenters. The van der Waals surface area contributed by atoms with Crippen molar-refractivity contribution < 1.29 is 29.0 Å². The van der Waals surface area contributed by atoms with Crippen LogP contribution in [0.5, 0.6) is 5.75 Å². The molecule has 2 heterocycles. The fourth-order valence-corrected chi connectivity index (χ4v) is 3.49. The summed E-state index contributed by atoms with van der Waals surface area (Å²) >= 11 is 0. The molecule has 1 aromatic carbocycles. The zero-order valence-corrected chi connectivity index (χ0v) is 15.6. The third-order valence-electron chi connectivity index (χ3n) is 5.03. The van der Waals surface area contributed by atoms with Gasteiger partial charge in [-0.2, -0.15) is 0 Å². The van der Waals surface area contributed by atoms with Crippen molar-refractivity contribution in [1.29, 1.82) is 0 Å². The molecule has 2 atom stereocenters. The molecule has 1 fully saturated rings. The van der Waals surface area contributed by atoms with Crippen molar-refractivity contribution >= 4 is 23.7 Å². The first-order chi connectivity index (χ1) is 13.4. The minimum atomic E-state index is -1.40. The maximum atomic E-state index is 12.7. The Balaban J connectivity index is 1.92. The van der Waals surface area contributed by atoms with Gasteiger partial charge in [-0.3, -0.25) is 14.4 Å². The van der Waals surface area contributed by atoms with Gasteiger partial charge in [-0.05, 0) is 25.0 Å². The van der Waals surface area contributed by atoms with Crippen molar-refractivity contribution in [1.82, 2.24) is 15.1 Å². The van der Waals surface area contributed by atoms with E-state index < -0.39 is 36.3 Å². The molecule has 0 saturated carbocycles. The van der Waals surface area contributed by atoms with E-state index in [2.05, 4.69) is 5.32 Å². The van der Waals surface area contributed by atoms with E-state index in [1.54, 1.807) is 25.2 Å². The second-order valence-electron chi connectivity index (χ2n) is 6.92. The second-order valence-corrected chi connectivity index (χ2v) is 6.92. The molecule has 3 rings (SSSR count). The van der Waals surface area contributed by atoms with E-state index in [1.807, 2.05) is 0 Å². The quantitative estimate of drug-likeness (QED) is 0.704. The highest BCUT2D eigenvalue weighted by molar-refractivity contribution is 6.00. The molecule has 3 amide bonds. The van der Waals surface area contributed by atoms with Crippen LogP contribution in [0, 0.1) is 0 Å². The average molecular weight is 389 g/mol. The van der Waals surface area contributed by atoms with E-state index in [0.717, 1.165) is 0 Å². The second kappa shape index (κ2) is 8.28. The van der Waals surface area contributed by atoms with E-state index in [4.69, 9.17) is 4.74 Å². The molecule has 150 valence electrons. The molecule has 1 saturated heterocycles. The van der Waals surface area contributed by atoms with E-state index in [9.17, 15) is 24.3 Å². The number of hydrogen-bond donors (Lipinski definition) is 2. The molecule has 9 nitrogen and oxygen atoms in total. The molecule has 28 heavy (non-hydrogen) atoms. The summed E-state index contributed by atoms with van der Waals surface area (Å²) in [7, 11) is 1.64. The minimum absolute atomic E-state index is 0.162. The topological polar surface area (TPSA) is 116 Å². The zero-order valence-electron chi connectivity index (χ0n) is 15.6. The smallest absolute Gasteiger partial charge is 0.326 e. The average Bonchev–Trinajstić information content (AvgIpc) is 3.16. The predicted octanol–water partition coefficient (Wildman–Crippen LogP) is 0.102. The first kappa shape index (κ1) is 19.7. The number of aliphatic carboxylic acids is 1. The number of nitrogens with one attached hydrogen (secondary N) is 1. The molecule has 9 heteroatoms. The molecule has 0 aliphatic carbocycles. The number of hydrogen-bond acceptors (Lipinski definition) is 5. The van der Waals surface area contributed by atoms with E-state index >= 15 is 0 Å². The number of carboxylic acids is 1. The number of nitrogens with zero attached hydrogens (tertiary/aromatic N) is 2. The summed E-state index contributed by atoms with van der Waals surface area (Å²) in [4.78, 5) is 52.6. The number of carboxylic acid groups (broad SMARTS) is 1. The zero-order chi connectivity index (χ0) is 20.3. The van der Waals surface area contributed by atoms with Crippen LogP contribution in [0.25, 0.3) is 0 Å². The van der Waals surface area contributed by atoms with Crippen molar-refractivity contribution in [3.8, 4) is 5.75 Å². The molecule has 2 aliphatic rings. The Morgan fingerprint density at radius 2 is 1.96 bits per heavy atom. The summed E-state index contributed by atoms with van der Waals surface area (Å²) in [5.41, 5.74) is 0.172. The van der Waals surface area contributed by atoms with Crippen molar-refractivity contribution in [2.75, 3.05) is 26.7 Å². The molecule has 2 aliphatic heterocycles. The van der Waals surface area contributed by atoms with Crippen molar-refractivity contribution in [3.63, 3.8) is 0 Å². The van der Waals surface area contributed by atoms with Gasteiger partial charge in [-0.1, -0.05) is 12.1 Å². The predicted molar refractivity (Wildman–Crippen MR) is 97.8 cm³/mol. The maximum Gasteiger partial charge on any atom is 0.326 e. The molecule has 0 aromatic heterocycles. The van der Waals surface area contributed by atoms with Gasteiger partial charge in [0.1, 0.15) is 24.4 Å². The van der Waals surface area contributed by atoms with Crippen molar-refractivity contribution in [3.05, 3.63) is 29.8 Å². The lowest BCUT2D eigenvalue weighted by Crippen LogP contribution is -2.50. The number of para-hydroxylation sites is 1. The Kier molecular flexibility index (Phi) is 5.81. The number of benzene rings is 1. The summed E-state index contributed by atoms with van der Waals surface area (Å²) < 4.78 is 5.67. The van der Waals surface area contributed by atoms with E-state index in [1.165, 1.54) is 15.9 Å². The molecular weight excluding hydrogens is 366 g/mol. The fourth-order valence-electron chi connectivity index (χ4n) is 3.49.